The number of pyridine rings is 1. The first-order valence-electron chi connectivity index (χ1n) is 9.25. The zero-order valence-corrected chi connectivity index (χ0v) is 16.4. The molecule has 0 bridgehead atoms. The van der Waals surface area contributed by atoms with Gasteiger partial charge in [0.05, 0.1) is 18.2 Å². The molecule has 142 valence electrons. The van der Waals surface area contributed by atoms with E-state index in [9.17, 15) is 10.1 Å². The van der Waals surface area contributed by atoms with Gasteiger partial charge in [0.15, 0.2) is 5.78 Å². The summed E-state index contributed by atoms with van der Waals surface area (Å²) in [4.78, 5) is 17.0. The van der Waals surface area contributed by atoms with E-state index < -0.39 is 0 Å². The van der Waals surface area contributed by atoms with Crippen molar-refractivity contribution in [2.24, 2.45) is 0 Å². The summed E-state index contributed by atoms with van der Waals surface area (Å²) in [7, 11) is 1.58. The first kappa shape index (κ1) is 19.4. The van der Waals surface area contributed by atoms with E-state index in [4.69, 9.17) is 4.74 Å². The molecule has 0 aliphatic rings. The van der Waals surface area contributed by atoms with Gasteiger partial charge in [-0.15, -0.1) is 0 Å². The maximum absolute atomic E-state index is 12.3. The second-order valence-corrected chi connectivity index (χ2v) is 6.83. The lowest BCUT2D eigenvalue weighted by Gasteiger charge is -2.11. The molecule has 5 nitrogen and oxygen atoms in total. The summed E-state index contributed by atoms with van der Waals surface area (Å²) in [5.74, 6) is 1.31. The molecular formula is C23H23N3O2. The number of benzene rings is 2. The van der Waals surface area contributed by atoms with Crippen LogP contribution >= 0.6 is 0 Å². The van der Waals surface area contributed by atoms with Crippen molar-refractivity contribution >= 4 is 22.5 Å². The van der Waals surface area contributed by atoms with Crippen LogP contribution in [0.5, 0.6) is 5.75 Å². The second kappa shape index (κ2) is 8.53. The van der Waals surface area contributed by atoms with Gasteiger partial charge in [0.25, 0.3) is 0 Å². The number of aromatic nitrogens is 1. The third-order valence-corrected chi connectivity index (χ3v) is 4.67. The van der Waals surface area contributed by atoms with Crippen molar-refractivity contribution in [1.82, 2.24) is 4.98 Å². The van der Waals surface area contributed by atoms with Gasteiger partial charge in [0, 0.05) is 23.9 Å². The van der Waals surface area contributed by atoms with E-state index in [0.717, 1.165) is 22.0 Å². The number of ether oxygens (including phenoxy) is 1. The van der Waals surface area contributed by atoms with Crippen LogP contribution in [0.4, 0.5) is 5.82 Å². The number of nitrogens with one attached hydrogen (secondary N) is 1. The number of Topliss-reactive ketones (excluding diaryl/α,β-unsaturated/α-hetero) is 1. The van der Waals surface area contributed by atoms with E-state index >= 15 is 0 Å². The molecule has 0 saturated carbocycles. The molecule has 0 radical (unpaired) electrons. The van der Waals surface area contributed by atoms with Gasteiger partial charge in [0.2, 0.25) is 0 Å². The molecule has 2 aromatic carbocycles. The fourth-order valence-electron chi connectivity index (χ4n) is 3.25. The Bertz CT molecular complexity index is 1070. The minimum Gasteiger partial charge on any atom is -0.497 e. The molecule has 1 N–H and O–H groups in total. The highest BCUT2D eigenvalue weighted by Crippen LogP contribution is 2.24. The number of aryl methyl sites for hydroxylation is 2. The Kier molecular flexibility index (Phi) is 5.90. The van der Waals surface area contributed by atoms with Crippen LogP contribution in [0.3, 0.4) is 0 Å². The summed E-state index contributed by atoms with van der Waals surface area (Å²) in [6.07, 6.45) is 1.06. The summed E-state index contributed by atoms with van der Waals surface area (Å²) in [6, 6.07) is 15.4. The highest BCUT2D eigenvalue weighted by atomic mass is 16.5. The number of hydrogen-bond donors (Lipinski definition) is 1. The van der Waals surface area contributed by atoms with Gasteiger partial charge >= 0.3 is 0 Å². The van der Waals surface area contributed by atoms with E-state index in [2.05, 4.69) is 22.4 Å². The zero-order valence-electron chi connectivity index (χ0n) is 16.4. The average molecular weight is 373 g/mol. The van der Waals surface area contributed by atoms with E-state index in [0.29, 0.717) is 42.1 Å². The van der Waals surface area contributed by atoms with E-state index in [-0.39, 0.29) is 5.78 Å². The Labute approximate surface area is 165 Å². The summed E-state index contributed by atoms with van der Waals surface area (Å²) >= 11 is 0. The Hall–Kier alpha value is -3.39. The van der Waals surface area contributed by atoms with Gasteiger partial charge in [-0.2, -0.15) is 5.26 Å². The summed E-state index contributed by atoms with van der Waals surface area (Å²) in [5, 5.41) is 13.7. The Morgan fingerprint density at radius 1 is 1.21 bits per heavy atom. The number of carbonyl (C=O) groups is 1. The van der Waals surface area contributed by atoms with Crippen LogP contribution in [0.2, 0.25) is 0 Å². The number of nitriles is 1. The van der Waals surface area contributed by atoms with Crippen LogP contribution in [-0.4, -0.2) is 24.4 Å². The van der Waals surface area contributed by atoms with Crippen molar-refractivity contribution < 1.29 is 9.53 Å². The van der Waals surface area contributed by atoms with Gasteiger partial charge in [-0.05, 0) is 55.7 Å². The molecule has 0 aliphatic carbocycles. The summed E-state index contributed by atoms with van der Waals surface area (Å²) in [5.41, 5.74) is 4.27. The van der Waals surface area contributed by atoms with Crippen LogP contribution in [0.15, 0.2) is 42.5 Å². The third-order valence-electron chi connectivity index (χ3n) is 4.67. The molecule has 3 rings (SSSR count). The molecule has 0 fully saturated rings. The van der Waals surface area contributed by atoms with Gasteiger partial charge in [-0.1, -0.05) is 18.2 Å². The van der Waals surface area contributed by atoms with Crippen LogP contribution in [0.25, 0.3) is 10.9 Å². The predicted octanol–water partition coefficient (Wildman–Crippen LogP) is 4.81. The van der Waals surface area contributed by atoms with Gasteiger partial charge in [0.1, 0.15) is 17.6 Å². The normalized spacial score (nSPS) is 10.5. The van der Waals surface area contributed by atoms with Crippen molar-refractivity contribution in [1.29, 1.82) is 5.26 Å². The van der Waals surface area contributed by atoms with Crippen LogP contribution in [0.1, 0.15) is 39.9 Å². The first-order valence-corrected chi connectivity index (χ1v) is 9.25. The standard InChI is InChI=1S/C23H23N3O2/c1-15-10-16(2)20-13-18(14-24)23(26-21(20)11-15)25-9-5-8-22(27)17-6-4-7-19(12-17)28-3/h4,6-7,10-13H,5,8-9H2,1-3H3,(H,25,26). The average Bonchev–Trinajstić information content (AvgIpc) is 2.70. The number of methoxy groups -OCH3 is 1. The lowest BCUT2D eigenvalue weighted by atomic mass is 10.0. The molecule has 0 aliphatic heterocycles. The second-order valence-electron chi connectivity index (χ2n) is 6.83. The SMILES string of the molecule is COc1cccc(C(=O)CCCNc2nc3cc(C)cc(C)c3cc2C#N)c1. The minimum absolute atomic E-state index is 0.0685. The molecule has 0 atom stereocenters. The fourth-order valence-corrected chi connectivity index (χ4v) is 3.25. The number of rotatable bonds is 7. The minimum atomic E-state index is 0.0685. The first-order chi connectivity index (χ1) is 13.5. The van der Waals surface area contributed by atoms with Crippen LogP contribution < -0.4 is 10.1 Å². The fraction of sp³-hybridized carbons (Fsp3) is 0.261. The molecular weight excluding hydrogens is 350 g/mol. The molecule has 0 saturated heterocycles. The van der Waals surface area contributed by atoms with Crippen molar-refractivity contribution in [3.05, 3.63) is 64.7 Å². The molecule has 1 heterocycles. The molecule has 28 heavy (non-hydrogen) atoms. The monoisotopic (exact) mass is 373 g/mol. The Balaban J connectivity index is 1.66. The van der Waals surface area contributed by atoms with Crippen LogP contribution in [-0.2, 0) is 0 Å². The number of ketones is 1. The van der Waals surface area contributed by atoms with Crippen molar-refractivity contribution in [2.75, 3.05) is 19.0 Å². The highest BCUT2D eigenvalue weighted by molar-refractivity contribution is 5.96. The lowest BCUT2D eigenvalue weighted by Crippen LogP contribution is -2.08. The summed E-state index contributed by atoms with van der Waals surface area (Å²) < 4.78 is 5.16. The number of nitrogens with zero attached hydrogens (tertiary/aromatic N) is 2. The van der Waals surface area contributed by atoms with Crippen molar-refractivity contribution in [3.8, 4) is 11.8 Å². The summed E-state index contributed by atoms with van der Waals surface area (Å²) in [6.45, 7) is 4.62. The number of fused-ring (bicyclic) bond motifs is 1. The maximum Gasteiger partial charge on any atom is 0.163 e. The van der Waals surface area contributed by atoms with Gasteiger partial charge in [-0.3, -0.25) is 4.79 Å². The van der Waals surface area contributed by atoms with E-state index in [1.165, 1.54) is 0 Å². The Morgan fingerprint density at radius 2 is 2.04 bits per heavy atom. The Morgan fingerprint density at radius 3 is 2.79 bits per heavy atom. The topological polar surface area (TPSA) is 75.0 Å². The zero-order chi connectivity index (χ0) is 20.1. The largest absolute Gasteiger partial charge is 0.497 e. The number of hydrogen-bond acceptors (Lipinski definition) is 5. The smallest absolute Gasteiger partial charge is 0.163 e. The van der Waals surface area contributed by atoms with Gasteiger partial charge < -0.3 is 10.1 Å². The lowest BCUT2D eigenvalue weighted by molar-refractivity contribution is 0.0981. The molecule has 1 aromatic heterocycles. The predicted molar refractivity (Wildman–Crippen MR) is 111 cm³/mol. The molecule has 0 unspecified atom stereocenters. The van der Waals surface area contributed by atoms with E-state index in [1.807, 2.05) is 38.1 Å². The number of carbonyl (C=O) groups excluding carboxylic acids is 1. The quantitative estimate of drug-likeness (QED) is 0.475. The van der Waals surface area contributed by atoms with Crippen molar-refractivity contribution in [3.63, 3.8) is 0 Å². The third kappa shape index (κ3) is 4.29. The number of anilines is 1. The highest BCUT2D eigenvalue weighted by Gasteiger charge is 2.10. The maximum atomic E-state index is 12.3. The van der Waals surface area contributed by atoms with Crippen molar-refractivity contribution in [2.45, 2.75) is 26.7 Å². The molecule has 0 amide bonds. The molecule has 3 aromatic rings. The molecule has 5 heteroatoms. The van der Waals surface area contributed by atoms with E-state index in [1.54, 1.807) is 19.2 Å². The van der Waals surface area contributed by atoms with Crippen LogP contribution in [0, 0.1) is 25.2 Å². The molecule has 0 spiro atoms. The van der Waals surface area contributed by atoms with Gasteiger partial charge in [-0.25, -0.2) is 4.98 Å².